The molecule has 0 atom stereocenters. The molecule has 2 amide bonds. The summed E-state index contributed by atoms with van der Waals surface area (Å²) < 4.78 is 37.0. The average molecular weight is 382 g/mol. The largest absolute Gasteiger partial charge is 0.446 e. The Labute approximate surface area is 153 Å². The van der Waals surface area contributed by atoms with Crippen LogP contribution in [0, 0.1) is 0 Å². The second-order valence-electron chi connectivity index (χ2n) is 5.56. The molecule has 0 fully saturated rings. The van der Waals surface area contributed by atoms with E-state index in [0.717, 1.165) is 5.56 Å². The van der Waals surface area contributed by atoms with Gasteiger partial charge in [-0.05, 0) is 47.7 Å². The minimum Gasteiger partial charge on any atom is -0.342 e. The van der Waals surface area contributed by atoms with Gasteiger partial charge >= 0.3 is 5.51 Å². The van der Waals surface area contributed by atoms with Crippen LogP contribution in [0.3, 0.4) is 0 Å². The lowest BCUT2D eigenvalue weighted by atomic mass is 10.1. The maximum Gasteiger partial charge on any atom is 0.446 e. The van der Waals surface area contributed by atoms with Crippen LogP contribution in [-0.4, -0.2) is 29.3 Å². The monoisotopic (exact) mass is 382 g/mol. The van der Waals surface area contributed by atoms with Gasteiger partial charge in [0, 0.05) is 36.7 Å². The zero-order chi connectivity index (χ0) is 19.3. The van der Waals surface area contributed by atoms with Crippen molar-refractivity contribution in [1.82, 2.24) is 4.90 Å². The number of hydrogen-bond donors (Lipinski definition) is 1. The van der Waals surface area contributed by atoms with Crippen LogP contribution >= 0.6 is 11.8 Å². The molecular formula is C18H17F3N2O2S. The van der Waals surface area contributed by atoms with Gasteiger partial charge in [-0.2, -0.15) is 13.2 Å². The van der Waals surface area contributed by atoms with E-state index in [9.17, 15) is 22.8 Å². The Hall–Kier alpha value is -2.48. The molecule has 4 nitrogen and oxygen atoms in total. The molecule has 2 aromatic rings. The van der Waals surface area contributed by atoms with Crippen LogP contribution in [0.4, 0.5) is 18.9 Å². The predicted octanol–water partition coefficient (Wildman–Crippen LogP) is 4.53. The molecule has 8 heteroatoms. The van der Waals surface area contributed by atoms with Crippen molar-refractivity contribution in [3.05, 3.63) is 59.7 Å². The third-order valence-corrected chi connectivity index (χ3v) is 4.30. The summed E-state index contributed by atoms with van der Waals surface area (Å²) in [5, 5.41) is 2.73. The molecule has 1 N–H and O–H groups in total. The van der Waals surface area contributed by atoms with Crippen molar-refractivity contribution in [2.24, 2.45) is 0 Å². The molecule has 0 spiro atoms. The summed E-state index contributed by atoms with van der Waals surface area (Å²) in [6.45, 7) is 1.77. The zero-order valence-corrected chi connectivity index (χ0v) is 14.9. The lowest BCUT2D eigenvalue weighted by Gasteiger charge is -2.18. The van der Waals surface area contributed by atoms with Crippen LogP contribution in [0.2, 0.25) is 0 Å². The number of nitrogens with zero attached hydrogens (tertiary/aromatic N) is 1. The van der Waals surface area contributed by atoms with Gasteiger partial charge in [0.2, 0.25) is 5.91 Å². The smallest absolute Gasteiger partial charge is 0.342 e. The highest BCUT2D eigenvalue weighted by atomic mass is 32.2. The maximum absolute atomic E-state index is 12.4. The SMILES string of the molecule is CC(=O)N(C)Cc1ccccc1NC(=O)c1ccc(SC(F)(F)F)cc1. The molecule has 0 aliphatic heterocycles. The third-order valence-electron chi connectivity index (χ3n) is 3.56. The number of nitrogens with one attached hydrogen (secondary N) is 1. The van der Waals surface area contributed by atoms with Crippen molar-refractivity contribution in [3.8, 4) is 0 Å². The molecule has 0 bridgehead atoms. The van der Waals surface area contributed by atoms with Gasteiger partial charge in [-0.1, -0.05) is 18.2 Å². The molecule has 26 heavy (non-hydrogen) atoms. The number of amides is 2. The highest BCUT2D eigenvalue weighted by Gasteiger charge is 2.29. The summed E-state index contributed by atoms with van der Waals surface area (Å²) in [6, 6.07) is 12.2. The molecule has 138 valence electrons. The number of anilines is 1. The number of benzene rings is 2. The van der Waals surface area contributed by atoms with Crippen LogP contribution in [0.1, 0.15) is 22.8 Å². The lowest BCUT2D eigenvalue weighted by Crippen LogP contribution is -2.24. The molecule has 0 heterocycles. The first kappa shape index (κ1) is 19.8. The average Bonchev–Trinajstić information content (AvgIpc) is 2.55. The van der Waals surface area contributed by atoms with E-state index in [-0.39, 0.29) is 28.1 Å². The van der Waals surface area contributed by atoms with Crippen LogP contribution in [-0.2, 0) is 11.3 Å². The van der Waals surface area contributed by atoms with Gasteiger partial charge in [0.1, 0.15) is 0 Å². The van der Waals surface area contributed by atoms with Gasteiger partial charge in [-0.3, -0.25) is 9.59 Å². The van der Waals surface area contributed by atoms with Gasteiger partial charge in [-0.25, -0.2) is 0 Å². The number of hydrogen-bond acceptors (Lipinski definition) is 3. The van der Waals surface area contributed by atoms with Gasteiger partial charge in [0.05, 0.1) is 0 Å². The fourth-order valence-electron chi connectivity index (χ4n) is 2.15. The minimum atomic E-state index is -4.37. The van der Waals surface area contributed by atoms with E-state index in [1.165, 1.54) is 36.1 Å². The Morgan fingerprint density at radius 1 is 1.08 bits per heavy atom. The van der Waals surface area contributed by atoms with Crippen molar-refractivity contribution in [3.63, 3.8) is 0 Å². The Morgan fingerprint density at radius 3 is 2.27 bits per heavy atom. The van der Waals surface area contributed by atoms with Gasteiger partial charge in [-0.15, -0.1) is 0 Å². The fraction of sp³-hybridized carbons (Fsp3) is 0.222. The van der Waals surface area contributed by atoms with Crippen LogP contribution in [0.15, 0.2) is 53.4 Å². The number of rotatable bonds is 5. The van der Waals surface area contributed by atoms with E-state index in [4.69, 9.17) is 0 Å². The van der Waals surface area contributed by atoms with E-state index >= 15 is 0 Å². The van der Waals surface area contributed by atoms with Crippen molar-refractivity contribution >= 4 is 29.3 Å². The molecule has 2 aromatic carbocycles. The molecule has 0 unspecified atom stereocenters. The lowest BCUT2D eigenvalue weighted by molar-refractivity contribution is -0.128. The van der Waals surface area contributed by atoms with E-state index < -0.39 is 11.4 Å². The quantitative estimate of drug-likeness (QED) is 0.773. The Bertz CT molecular complexity index is 792. The van der Waals surface area contributed by atoms with Crippen molar-refractivity contribution < 1.29 is 22.8 Å². The Kier molecular flexibility index (Phi) is 6.31. The third kappa shape index (κ3) is 5.80. The summed E-state index contributed by atoms with van der Waals surface area (Å²) in [5.74, 6) is -0.546. The normalized spacial score (nSPS) is 11.1. The summed E-state index contributed by atoms with van der Waals surface area (Å²) in [6.07, 6.45) is 0. The zero-order valence-electron chi connectivity index (χ0n) is 14.1. The molecule has 0 aliphatic carbocycles. The van der Waals surface area contributed by atoms with E-state index in [1.807, 2.05) is 0 Å². The topological polar surface area (TPSA) is 49.4 Å². The second kappa shape index (κ2) is 8.27. The molecular weight excluding hydrogens is 365 g/mol. The number of para-hydroxylation sites is 1. The highest BCUT2D eigenvalue weighted by molar-refractivity contribution is 8.00. The summed E-state index contributed by atoms with van der Waals surface area (Å²) in [7, 11) is 1.65. The molecule has 0 radical (unpaired) electrons. The second-order valence-corrected chi connectivity index (χ2v) is 6.70. The van der Waals surface area contributed by atoms with E-state index in [2.05, 4.69) is 5.32 Å². The first-order valence-corrected chi connectivity index (χ1v) is 8.44. The highest BCUT2D eigenvalue weighted by Crippen LogP contribution is 2.36. The van der Waals surface area contributed by atoms with Crippen molar-refractivity contribution in [2.75, 3.05) is 12.4 Å². The van der Waals surface area contributed by atoms with Gasteiger partial charge in [0.15, 0.2) is 0 Å². The summed E-state index contributed by atoms with van der Waals surface area (Å²) >= 11 is -0.232. The molecule has 0 aromatic heterocycles. The van der Waals surface area contributed by atoms with Crippen molar-refractivity contribution in [2.45, 2.75) is 23.9 Å². The van der Waals surface area contributed by atoms with Crippen molar-refractivity contribution in [1.29, 1.82) is 0 Å². The predicted molar refractivity (Wildman–Crippen MR) is 94.9 cm³/mol. The molecule has 2 rings (SSSR count). The summed E-state index contributed by atoms with van der Waals surface area (Å²) in [5.41, 5.74) is -2.83. The maximum atomic E-state index is 12.4. The molecule has 0 saturated carbocycles. The number of halogens is 3. The minimum absolute atomic E-state index is 0.0116. The standard InChI is InChI=1S/C18H17F3N2O2S/c1-12(24)23(2)11-14-5-3-4-6-16(14)22-17(25)13-7-9-15(10-8-13)26-18(19,20)21/h3-10H,11H2,1-2H3,(H,22,25). The number of alkyl halides is 3. The van der Waals surface area contributed by atoms with Crippen LogP contribution in [0.5, 0.6) is 0 Å². The van der Waals surface area contributed by atoms with E-state index in [1.54, 1.807) is 31.3 Å². The number of carbonyl (C=O) groups is 2. The van der Waals surface area contributed by atoms with Gasteiger partial charge in [0.25, 0.3) is 5.91 Å². The number of thioether (sulfide) groups is 1. The summed E-state index contributed by atoms with van der Waals surface area (Å²) in [4.78, 5) is 25.3. The molecule has 0 saturated heterocycles. The Balaban J connectivity index is 2.11. The molecule has 0 aliphatic rings. The van der Waals surface area contributed by atoms with Gasteiger partial charge < -0.3 is 10.2 Å². The van der Waals surface area contributed by atoms with Crippen LogP contribution < -0.4 is 5.32 Å². The van der Waals surface area contributed by atoms with Crippen LogP contribution in [0.25, 0.3) is 0 Å². The fourth-order valence-corrected chi connectivity index (χ4v) is 2.69. The first-order valence-electron chi connectivity index (χ1n) is 7.62. The first-order chi connectivity index (χ1) is 12.2. The number of carbonyl (C=O) groups excluding carboxylic acids is 2. The van der Waals surface area contributed by atoms with E-state index in [0.29, 0.717) is 12.2 Å². The Morgan fingerprint density at radius 2 is 1.69 bits per heavy atom.